The van der Waals surface area contributed by atoms with Crippen LogP contribution in [0.3, 0.4) is 0 Å². The molecule has 0 aromatic carbocycles. The minimum absolute atomic E-state index is 0.0994. The van der Waals surface area contributed by atoms with E-state index in [4.69, 9.17) is 0 Å². The molecule has 0 spiro atoms. The van der Waals surface area contributed by atoms with Crippen LogP contribution < -0.4 is 5.32 Å². The highest BCUT2D eigenvalue weighted by Gasteiger charge is 2.20. The molecule has 1 aromatic rings. The van der Waals surface area contributed by atoms with Crippen LogP contribution >= 0.6 is 0 Å². The third-order valence-corrected chi connectivity index (χ3v) is 5.16. The van der Waals surface area contributed by atoms with E-state index in [0.717, 1.165) is 64.0 Å². The molecule has 26 heavy (non-hydrogen) atoms. The van der Waals surface area contributed by atoms with Gasteiger partial charge in [-0.3, -0.25) is 19.2 Å². The molecule has 3 rings (SSSR count). The van der Waals surface area contributed by atoms with Gasteiger partial charge in [-0.25, -0.2) is 0 Å². The fourth-order valence-corrected chi connectivity index (χ4v) is 3.81. The van der Waals surface area contributed by atoms with Crippen LogP contribution in [0, 0.1) is 0 Å². The zero-order chi connectivity index (χ0) is 18.4. The van der Waals surface area contributed by atoms with Crippen LogP contribution in [0.25, 0.3) is 0 Å². The number of nitrogens with one attached hydrogen (secondary N) is 1. The summed E-state index contributed by atoms with van der Waals surface area (Å²) in [5, 5.41) is 7.57. The molecule has 7 heteroatoms. The van der Waals surface area contributed by atoms with Crippen LogP contribution in [-0.2, 0) is 29.2 Å². The normalized spacial score (nSPS) is 19.0. The number of amides is 2. The second-order valence-electron chi connectivity index (χ2n) is 7.38. The van der Waals surface area contributed by atoms with Gasteiger partial charge >= 0.3 is 0 Å². The molecule has 0 atom stereocenters. The molecule has 0 aliphatic carbocycles. The monoisotopic (exact) mass is 361 g/mol. The van der Waals surface area contributed by atoms with E-state index in [9.17, 15) is 9.59 Å². The average Bonchev–Trinajstić information content (AvgIpc) is 2.75. The van der Waals surface area contributed by atoms with Gasteiger partial charge in [0, 0.05) is 32.6 Å². The van der Waals surface area contributed by atoms with Crippen molar-refractivity contribution in [2.24, 2.45) is 0 Å². The van der Waals surface area contributed by atoms with E-state index in [0.29, 0.717) is 19.5 Å². The molecule has 0 unspecified atom stereocenters. The molecule has 1 N–H and O–H groups in total. The van der Waals surface area contributed by atoms with Gasteiger partial charge in [0.15, 0.2) is 0 Å². The fraction of sp³-hybridized carbons (Fsp3) is 0.737. The molecule has 7 nitrogen and oxygen atoms in total. The van der Waals surface area contributed by atoms with Crippen LogP contribution in [0.2, 0.25) is 0 Å². The Hall–Kier alpha value is -1.89. The Morgan fingerprint density at radius 2 is 2.08 bits per heavy atom. The first-order valence-corrected chi connectivity index (χ1v) is 9.98. The fourth-order valence-electron chi connectivity index (χ4n) is 3.81. The number of carbonyl (C=O) groups excluding carboxylic acids is 2. The van der Waals surface area contributed by atoms with Gasteiger partial charge < -0.3 is 10.2 Å². The first kappa shape index (κ1) is 18.9. The maximum Gasteiger partial charge on any atom is 0.239 e. The molecule has 0 saturated carbocycles. The summed E-state index contributed by atoms with van der Waals surface area (Å²) in [6.07, 6.45) is 5.82. The number of nitrogens with zero attached hydrogens (tertiary/aromatic N) is 4. The van der Waals surface area contributed by atoms with E-state index in [-0.39, 0.29) is 18.4 Å². The van der Waals surface area contributed by atoms with Crippen molar-refractivity contribution in [1.29, 1.82) is 0 Å². The lowest BCUT2D eigenvalue weighted by molar-refractivity contribution is -0.135. The Labute approximate surface area is 155 Å². The predicted molar refractivity (Wildman–Crippen MR) is 99.3 cm³/mol. The second kappa shape index (κ2) is 9.16. The van der Waals surface area contributed by atoms with Crippen molar-refractivity contribution in [3.8, 4) is 0 Å². The number of hydrogen-bond donors (Lipinski definition) is 1. The zero-order valence-electron chi connectivity index (χ0n) is 15.9. The summed E-state index contributed by atoms with van der Waals surface area (Å²) in [6, 6.07) is 2.10. The van der Waals surface area contributed by atoms with Crippen molar-refractivity contribution in [3.63, 3.8) is 0 Å². The van der Waals surface area contributed by atoms with E-state index in [1.807, 2.05) is 0 Å². The first-order chi connectivity index (χ1) is 12.7. The van der Waals surface area contributed by atoms with Gasteiger partial charge in [0.2, 0.25) is 11.8 Å². The molecule has 2 aliphatic heterocycles. The summed E-state index contributed by atoms with van der Waals surface area (Å²) in [4.78, 5) is 28.4. The van der Waals surface area contributed by atoms with Gasteiger partial charge in [0.1, 0.15) is 0 Å². The van der Waals surface area contributed by atoms with E-state index >= 15 is 0 Å². The Morgan fingerprint density at radius 1 is 1.19 bits per heavy atom. The summed E-state index contributed by atoms with van der Waals surface area (Å²) in [7, 11) is 0. The Bertz CT molecular complexity index is 627. The smallest absolute Gasteiger partial charge is 0.239 e. The molecule has 0 radical (unpaired) electrons. The Kier molecular flexibility index (Phi) is 6.66. The second-order valence-corrected chi connectivity index (χ2v) is 7.38. The SMILES string of the molecule is CCCN1CCCn2nc(CNC(=O)CN3CCCCCC3=O)cc2C1. The Morgan fingerprint density at radius 3 is 2.92 bits per heavy atom. The van der Waals surface area contributed by atoms with Crippen molar-refractivity contribution < 1.29 is 9.59 Å². The lowest BCUT2D eigenvalue weighted by Crippen LogP contribution is -2.40. The predicted octanol–water partition coefficient (Wildman–Crippen LogP) is 1.52. The quantitative estimate of drug-likeness (QED) is 0.834. The van der Waals surface area contributed by atoms with Gasteiger partial charge in [-0.05, 0) is 38.3 Å². The van der Waals surface area contributed by atoms with Gasteiger partial charge in [0.05, 0.1) is 24.5 Å². The van der Waals surface area contributed by atoms with Crippen molar-refractivity contribution >= 4 is 11.8 Å². The molecule has 3 heterocycles. The lowest BCUT2D eigenvalue weighted by Gasteiger charge is -2.19. The largest absolute Gasteiger partial charge is 0.349 e. The minimum Gasteiger partial charge on any atom is -0.349 e. The van der Waals surface area contributed by atoms with Gasteiger partial charge in [-0.15, -0.1) is 0 Å². The number of fused-ring (bicyclic) bond motifs is 1. The summed E-state index contributed by atoms with van der Waals surface area (Å²) in [5.41, 5.74) is 2.12. The number of likely N-dealkylation sites (tertiary alicyclic amines) is 1. The molecule has 0 bridgehead atoms. The molecular formula is C19H31N5O2. The number of aryl methyl sites for hydroxylation is 1. The van der Waals surface area contributed by atoms with E-state index in [1.165, 1.54) is 5.69 Å². The highest BCUT2D eigenvalue weighted by atomic mass is 16.2. The third-order valence-electron chi connectivity index (χ3n) is 5.16. The van der Waals surface area contributed by atoms with Crippen molar-refractivity contribution in [3.05, 3.63) is 17.5 Å². The number of hydrogen-bond acceptors (Lipinski definition) is 4. The van der Waals surface area contributed by atoms with E-state index < -0.39 is 0 Å². The maximum absolute atomic E-state index is 12.2. The molecule has 2 amide bonds. The summed E-state index contributed by atoms with van der Waals surface area (Å²) >= 11 is 0. The maximum atomic E-state index is 12.2. The standard InChI is InChI=1S/C19H31N5O2/c1-2-8-22-9-6-11-24-17(14-22)12-16(21-24)13-20-18(25)15-23-10-5-3-4-7-19(23)26/h12H,2-11,13-15H2,1H3,(H,20,25). The summed E-state index contributed by atoms with van der Waals surface area (Å²) in [6.45, 7) is 7.58. The first-order valence-electron chi connectivity index (χ1n) is 9.98. The minimum atomic E-state index is -0.101. The van der Waals surface area contributed by atoms with E-state index in [1.54, 1.807) is 4.90 Å². The summed E-state index contributed by atoms with van der Waals surface area (Å²) in [5.74, 6) is -0.00146. The molecule has 1 aromatic heterocycles. The molecular weight excluding hydrogens is 330 g/mol. The number of aromatic nitrogens is 2. The highest BCUT2D eigenvalue weighted by Crippen LogP contribution is 2.14. The molecule has 144 valence electrons. The number of rotatable bonds is 6. The van der Waals surface area contributed by atoms with Crippen LogP contribution in [0.1, 0.15) is 56.8 Å². The summed E-state index contributed by atoms with van der Waals surface area (Å²) < 4.78 is 2.08. The van der Waals surface area contributed by atoms with Crippen molar-refractivity contribution in [2.45, 2.75) is 65.1 Å². The van der Waals surface area contributed by atoms with Crippen LogP contribution in [-0.4, -0.2) is 57.6 Å². The molecule has 1 saturated heterocycles. The van der Waals surface area contributed by atoms with Gasteiger partial charge in [-0.1, -0.05) is 13.3 Å². The Balaban J connectivity index is 1.51. The lowest BCUT2D eigenvalue weighted by atomic mass is 10.2. The average molecular weight is 361 g/mol. The van der Waals surface area contributed by atoms with Crippen LogP contribution in [0.4, 0.5) is 0 Å². The van der Waals surface area contributed by atoms with Gasteiger partial charge in [-0.2, -0.15) is 5.10 Å². The van der Waals surface area contributed by atoms with Crippen molar-refractivity contribution in [1.82, 2.24) is 24.9 Å². The van der Waals surface area contributed by atoms with E-state index in [2.05, 4.69) is 33.0 Å². The van der Waals surface area contributed by atoms with Crippen LogP contribution in [0.5, 0.6) is 0 Å². The molecule has 2 aliphatic rings. The van der Waals surface area contributed by atoms with Gasteiger partial charge in [0.25, 0.3) is 0 Å². The highest BCUT2D eigenvalue weighted by molar-refractivity contribution is 5.84. The zero-order valence-corrected chi connectivity index (χ0v) is 15.9. The number of carbonyl (C=O) groups is 2. The molecule has 1 fully saturated rings. The van der Waals surface area contributed by atoms with Crippen LogP contribution in [0.15, 0.2) is 6.07 Å². The third kappa shape index (κ3) is 5.06. The topological polar surface area (TPSA) is 70.5 Å². The van der Waals surface area contributed by atoms with Crippen molar-refractivity contribution in [2.75, 3.05) is 26.2 Å².